The number of halogens is 1. The van der Waals surface area contributed by atoms with E-state index >= 15 is 0 Å². The lowest BCUT2D eigenvalue weighted by Gasteiger charge is -2.09. The topological polar surface area (TPSA) is 84.2 Å². The molecule has 4 N–H and O–H groups in total. The van der Waals surface area contributed by atoms with Gasteiger partial charge in [-0.1, -0.05) is 6.07 Å². The molecule has 108 valence electrons. The average molecular weight is 287 g/mol. The van der Waals surface area contributed by atoms with E-state index in [0.29, 0.717) is 22.5 Å². The molecule has 0 radical (unpaired) electrons. The van der Waals surface area contributed by atoms with Crippen molar-refractivity contribution < 1.29 is 14.0 Å². The van der Waals surface area contributed by atoms with Gasteiger partial charge in [-0.2, -0.15) is 0 Å². The molecule has 2 rings (SSSR count). The van der Waals surface area contributed by atoms with Crippen LogP contribution in [0.4, 0.5) is 20.6 Å². The largest absolute Gasteiger partial charge is 0.351 e. The zero-order valence-corrected chi connectivity index (χ0v) is 11.3. The Morgan fingerprint density at radius 1 is 1.05 bits per heavy atom. The number of anilines is 2. The van der Waals surface area contributed by atoms with Crippen molar-refractivity contribution in [1.82, 2.24) is 0 Å². The minimum absolute atomic E-state index is 0.358. The van der Waals surface area contributed by atoms with Crippen LogP contribution in [0.25, 0.3) is 0 Å². The Balaban J connectivity index is 2.17. The van der Waals surface area contributed by atoms with Crippen molar-refractivity contribution in [3.05, 3.63) is 59.4 Å². The molecule has 0 aromatic heterocycles. The van der Waals surface area contributed by atoms with Crippen LogP contribution in [-0.4, -0.2) is 11.9 Å². The zero-order chi connectivity index (χ0) is 15.4. The monoisotopic (exact) mass is 287 g/mol. The first-order valence-electron chi connectivity index (χ1n) is 6.20. The molecule has 6 heteroatoms. The maximum atomic E-state index is 13.0. The smallest absolute Gasteiger partial charge is 0.316 e. The molecule has 2 aromatic carbocycles. The van der Waals surface area contributed by atoms with E-state index in [1.807, 2.05) is 0 Å². The van der Waals surface area contributed by atoms with Gasteiger partial charge in [0.15, 0.2) is 0 Å². The summed E-state index contributed by atoms with van der Waals surface area (Å²) in [6.07, 6.45) is 0. The summed E-state index contributed by atoms with van der Waals surface area (Å²) < 4.78 is 13.0. The SMILES string of the molecule is Cc1cc(F)ccc1C(=O)Nc1cccc(NC(N)=O)c1. The van der Waals surface area contributed by atoms with Crippen molar-refractivity contribution in [3.8, 4) is 0 Å². The summed E-state index contributed by atoms with van der Waals surface area (Å²) in [5.74, 6) is -0.750. The Morgan fingerprint density at radius 2 is 1.71 bits per heavy atom. The second-order valence-corrected chi connectivity index (χ2v) is 4.48. The summed E-state index contributed by atoms with van der Waals surface area (Å²) in [5, 5.41) is 5.09. The number of urea groups is 1. The first-order valence-corrected chi connectivity index (χ1v) is 6.20. The van der Waals surface area contributed by atoms with E-state index in [1.165, 1.54) is 18.2 Å². The van der Waals surface area contributed by atoms with E-state index in [4.69, 9.17) is 5.73 Å². The molecule has 0 aliphatic rings. The second-order valence-electron chi connectivity index (χ2n) is 4.48. The van der Waals surface area contributed by atoms with Crippen LogP contribution in [0.3, 0.4) is 0 Å². The Labute approximate surface area is 121 Å². The molecule has 0 heterocycles. The van der Waals surface area contributed by atoms with E-state index in [0.717, 1.165) is 0 Å². The molecule has 5 nitrogen and oxygen atoms in total. The average Bonchev–Trinajstić information content (AvgIpc) is 2.37. The molecule has 21 heavy (non-hydrogen) atoms. The number of carbonyl (C=O) groups is 2. The molecule has 2 aromatic rings. The number of aryl methyl sites for hydroxylation is 1. The van der Waals surface area contributed by atoms with Gasteiger partial charge in [0, 0.05) is 16.9 Å². The van der Waals surface area contributed by atoms with Crippen LogP contribution >= 0.6 is 0 Å². The van der Waals surface area contributed by atoms with Crippen LogP contribution in [0.1, 0.15) is 15.9 Å². The Hall–Kier alpha value is -2.89. The quantitative estimate of drug-likeness (QED) is 0.811. The normalized spacial score (nSPS) is 10.0. The summed E-state index contributed by atoms with van der Waals surface area (Å²) in [5.41, 5.74) is 6.91. The molecule has 3 amide bonds. The zero-order valence-electron chi connectivity index (χ0n) is 11.3. The van der Waals surface area contributed by atoms with Gasteiger partial charge in [0.05, 0.1) is 0 Å². The fourth-order valence-electron chi connectivity index (χ4n) is 1.90. The van der Waals surface area contributed by atoms with Crippen molar-refractivity contribution in [1.29, 1.82) is 0 Å². The summed E-state index contributed by atoms with van der Waals surface area (Å²) in [7, 11) is 0. The van der Waals surface area contributed by atoms with Crippen molar-refractivity contribution in [3.63, 3.8) is 0 Å². The molecule has 0 fully saturated rings. The van der Waals surface area contributed by atoms with Gasteiger partial charge < -0.3 is 16.4 Å². The highest BCUT2D eigenvalue weighted by atomic mass is 19.1. The molecule has 0 aliphatic carbocycles. The lowest BCUT2D eigenvalue weighted by atomic mass is 10.1. The van der Waals surface area contributed by atoms with Crippen LogP contribution in [-0.2, 0) is 0 Å². The number of nitrogens with one attached hydrogen (secondary N) is 2. The number of carbonyl (C=O) groups excluding carboxylic acids is 2. The lowest BCUT2D eigenvalue weighted by Crippen LogP contribution is -2.19. The number of hydrogen-bond acceptors (Lipinski definition) is 2. The minimum Gasteiger partial charge on any atom is -0.351 e. The predicted octanol–water partition coefficient (Wildman–Crippen LogP) is 2.88. The fourth-order valence-corrected chi connectivity index (χ4v) is 1.90. The van der Waals surface area contributed by atoms with E-state index in [9.17, 15) is 14.0 Å². The summed E-state index contributed by atoms with van der Waals surface area (Å²) in [6.45, 7) is 1.66. The first kappa shape index (κ1) is 14.5. The summed E-state index contributed by atoms with van der Waals surface area (Å²) >= 11 is 0. The summed E-state index contributed by atoms with van der Waals surface area (Å²) in [4.78, 5) is 22.9. The van der Waals surface area contributed by atoms with Crippen LogP contribution in [0.5, 0.6) is 0 Å². The first-order chi connectivity index (χ1) is 9.95. The van der Waals surface area contributed by atoms with Crippen molar-refractivity contribution in [2.24, 2.45) is 5.73 Å². The maximum Gasteiger partial charge on any atom is 0.316 e. The van der Waals surface area contributed by atoms with Gasteiger partial charge in [0.2, 0.25) is 0 Å². The maximum absolute atomic E-state index is 13.0. The number of amides is 3. The minimum atomic E-state index is -0.687. The highest BCUT2D eigenvalue weighted by Gasteiger charge is 2.10. The molecule has 0 aliphatic heterocycles. The fraction of sp³-hybridized carbons (Fsp3) is 0.0667. The third-order valence-corrected chi connectivity index (χ3v) is 2.82. The third-order valence-electron chi connectivity index (χ3n) is 2.82. The van der Waals surface area contributed by atoms with Gasteiger partial charge in [-0.3, -0.25) is 4.79 Å². The molecule has 0 atom stereocenters. The number of hydrogen-bond donors (Lipinski definition) is 3. The van der Waals surface area contributed by atoms with Gasteiger partial charge in [-0.05, 0) is 48.9 Å². The van der Waals surface area contributed by atoms with E-state index in [-0.39, 0.29) is 5.91 Å². The van der Waals surface area contributed by atoms with E-state index < -0.39 is 11.8 Å². The molecule has 0 unspecified atom stereocenters. The number of rotatable bonds is 3. The standard InChI is InChI=1S/C15H14FN3O2/c1-9-7-10(16)5-6-13(9)14(20)18-11-3-2-4-12(8-11)19-15(17)21/h2-8H,1H3,(H,18,20)(H3,17,19,21). The Bertz CT molecular complexity index is 701. The molecule has 0 bridgehead atoms. The van der Waals surface area contributed by atoms with Crippen LogP contribution in [0.2, 0.25) is 0 Å². The highest BCUT2D eigenvalue weighted by molar-refractivity contribution is 6.05. The van der Waals surface area contributed by atoms with E-state index in [2.05, 4.69) is 10.6 Å². The van der Waals surface area contributed by atoms with Gasteiger partial charge in [-0.25, -0.2) is 9.18 Å². The number of nitrogens with two attached hydrogens (primary N) is 1. The Morgan fingerprint density at radius 3 is 2.33 bits per heavy atom. The van der Waals surface area contributed by atoms with Gasteiger partial charge >= 0.3 is 6.03 Å². The van der Waals surface area contributed by atoms with Crippen LogP contribution < -0.4 is 16.4 Å². The van der Waals surface area contributed by atoms with Crippen LogP contribution in [0, 0.1) is 12.7 Å². The Kier molecular flexibility index (Phi) is 4.18. The third kappa shape index (κ3) is 3.79. The van der Waals surface area contributed by atoms with Crippen molar-refractivity contribution >= 4 is 23.3 Å². The lowest BCUT2D eigenvalue weighted by molar-refractivity contribution is 0.102. The summed E-state index contributed by atoms with van der Waals surface area (Å²) in [6, 6.07) is 9.80. The molecular formula is C15H14FN3O2. The highest BCUT2D eigenvalue weighted by Crippen LogP contribution is 2.17. The molecule has 0 saturated heterocycles. The van der Waals surface area contributed by atoms with Crippen molar-refractivity contribution in [2.45, 2.75) is 6.92 Å². The van der Waals surface area contributed by atoms with E-state index in [1.54, 1.807) is 31.2 Å². The molecular weight excluding hydrogens is 273 g/mol. The van der Waals surface area contributed by atoms with Gasteiger partial charge in [0.25, 0.3) is 5.91 Å². The van der Waals surface area contributed by atoms with Crippen LogP contribution in [0.15, 0.2) is 42.5 Å². The molecule has 0 spiro atoms. The van der Waals surface area contributed by atoms with Crippen molar-refractivity contribution in [2.75, 3.05) is 10.6 Å². The van der Waals surface area contributed by atoms with Gasteiger partial charge in [0.1, 0.15) is 5.82 Å². The number of benzene rings is 2. The molecule has 0 saturated carbocycles. The number of primary amides is 1. The predicted molar refractivity (Wildman–Crippen MR) is 78.7 cm³/mol. The second kappa shape index (κ2) is 6.04. The van der Waals surface area contributed by atoms with Gasteiger partial charge in [-0.15, -0.1) is 0 Å².